The Labute approximate surface area is 325 Å². The maximum Gasteiger partial charge on any atom is 0.164 e. The Hall–Kier alpha value is -7.49. The molecule has 0 aliphatic heterocycles. The van der Waals surface area contributed by atoms with Crippen molar-refractivity contribution in [3.05, 3.63) is 200 Å². The van der Waals surface area contributed by atoms with E-state index >= 15 is 0 Å². The molecule has 0 spiro atoms. The normalized spacial score (nSPS) is 11.6. The van der Waals surface area contributed by atoms with E-state index in [4.69, 9.17) is 15.0 Å². The molecule has 9 aromatic carbocycles. The molecule has 3 nitrogen and oxygen atoms in total. The summed E-state index contributed by atoms with van der Waals surface area (Å²) >= 11 is 0. The number of benzene rings is 9. The van der Waals surface area contributed by atoms with Crippen LogP contribution in [0.15, 0.2) is 200 Å². The summed E-state index contributed by atoms with van der Waals surface area (Å²) in [7, 11) is 0. The Bertz CT molecular complexity index is 3010. The van der Waals surface area contributed by atoms with E-state index in [0.717, 1.165) is 22.3 Å². The summed E-state index contributed by atoms with van der Waals surface area (Å²) in [6.07, 6.45) is 0. The van der Waals surface area contributed by atoms with Gasteiger partial charge in [-0.2, -0.15) is 0 Å². The van der Waals surface area contributed by atoms with Gasteiger partial charge in [-0.1, -0.05) is 200 Å². The first-order valence-corrected chi connectivity index (χ1v) is 19.0. The van der Waals surface area contributed by atoms with E-state index in [9.17, 15) is 0 Å². The molecule has 11 rings (SSSR count). The lowest BCUT2D eigenvalue weighted by atomic mass is 9.91. The zero-order chi connectivity index (χ0) is 37.0. The summed E-state index contributed by atoms with van der Waals surface area (Å²) in [5.74, 6) is 1.96. The molecule has 0 bridgehead atoms. The average molecular weight is 712 g/mol. The molecule has 260 valence electrons. The van der Waals surface area contributed by atoms with Crippen LogP contribution in [0.2, 0.25) is 0 Å². The summed E-state index contributed by atoms with van der Waals surface area (Å²) in [6, 6.07) is 71.2. The molecular weight excluding hydrogens is 679 g/mol. The molecule has 0 radical (unpaired) electrons. The van der Waals surface area contributed by atoms with E-state index in [2.05, 4.69) is 140 Å². The molecule has 10 aromatic rings. The van der Waals surface area contributed by atoms with Gasteiger partial charge in [0.05, 0.1) is 0 Å². The second-order valence-corrected chi connectivity index (χ2v) is 14.3. The van der Waals surface area contributed by atoms with Crippen LogP contribution in [0.3, 0.4) is 0 Å². The molecule has 0 saturated heterocycles. The first kappa shape index (κ1) is 32.0. The Kier molecular flexibility index (Phi) is 7.49. The van der Waals surface area contributed by atoms with Gasteiger partial charge in [0.25, 0.3) is 0 Å². The zero-order valence-corrected chi connectivity index (χ0v) is 30.4. The lowest BCUT2D eigenvalue weighted by molar-refractivity contribution is 1.07. The molecule has 0 atom stereocenters. The van der Waals surface area contributed by atoms with Crippen molar-refractivity contribution in [2.24, 2.45) is 0 Å². The average Bonchev–Trinajstić information content (AvgIpc) is 3.61. The van der Waals surface area contributed by atoms with Crippen LogP contribution in [0.1, 0.15) is 0 Å². The zero-order valence-electron chi connectivity index (χ0n) is 30.4. The van der Waals surface area contributed by atoms with E-state index < -0.39 is 0 Å². The van der Waals surface area contributed by atoms with Crippen LogP contribution in [-0.2, 0) is 0 Å². The Morgan fingerprint density at radius 3 is 1.00 bits per heavy atom. The molecule has 0 fully saturated rings. The predicted molar refractivity (Wildman–Crippen MR) is 232 cm³/mol. The van der Waals surface area contributed by atoms with E-state index in [1.165, 1.54) is 71.6 Å². The number of hydrogen-bond acceptors (Lipinski definition) is 3. The van der Waals surface area contributed by atoms with Gasteiger partial charge in [-0.15, -0.1) is 0 Å². The number of rotatable bonds is 6. The van der Waals surface area contributed by atoms with Crippen molar-refractivity contribution in [1.82, 2.24) is 15.0 Å². The van der Waals surface area contributed by atoms with Crippen molar-refractivity contribution in [3.8, 4) is 89.8 Å². The van der Waals surface area contributed by atoms with Gasteiger partial charge in [0.2, 0.25) is 0 Å². The summed E-state index contributed by atoms with van der Waals surface area (Å²) < 4.78 is 0. The molecule has 3 heteroatoms. The standard InChI is InChI=1S/C53H33N3/c1-3-12-37(13-4-1)51-54-52(38-14-5-2-6-15-38)56-53(55-51)39-30-28-35(29-31-39)41-19-10-20-43-40(18-9-21-44(41)43)34-24-26-36(27-25-34)42-32-33-49-46-17-8-7-16-45(46)48-23-11-22-47(42)50(48)49/h1-33H. The van der Waals surface area contributed by atoms with Crippen LogP contribution in [0.4, 0.5) is 0 Å². The summed E-state index contributed by atoms with van der Waals surface area (Å²) in [5.41, 5.74) is 15.4. The van der Waals surface area contributed by atoms with Crippen LogP contribution < -0.4 is 0 Å². The van der Waals surface area contributed by atoms with Gasteiger partial charge in [0.15, 0.2) is 17.5 Å². The number of hydrogen-bond donors (Lipinski definition) is 0. The topological polar surface area (TPSA) is 38.7 Å². The lowest BCUT2D eigenvalue weighted by Gasteiger charge is -2.13. The molecule has 0 amide bonds. The van der Waals surface area contributed by atoms with Crippen molar-refractivity contribution in [2.45, 2.75) is 0 Å². The molecule has 1 aliphatic carbocycles. The maximum atomic E-state index is 4.93. The first-order chi connectivity index (χ1) is 27.8. The van der Waals surface area contributed by atoms with Crippen LogP contribution in [0.5, 0.6) is 0 Å². The van der Waals surface area contributed by atoms with Crippen LogP contribution in [-0.4, -0.2) is 15.0 Å². The third-order valence-corrected chi connectivity index (χ3v) is 11.1. The Balaban J connectivity index is 0.934. The van der Waals surface area contributed by atoms with E-state index in [0.29, 0.717) is 17.5 Å². The smallest absolute Gasteiger partial charge is 0.164 e. The van der Waals surface area contributed by atoms with Gasteiger partial charge in [-0.25, -0.2) is 15.0 Å². The largest absolute Gasteiger partial charge is 0.208 e. The second kappa shape index (κ2) is 13.1. The summed E-state index contributed by atoms with van der Waals surface area (Å²) in [6.45, 7) is 0. The van der Waals surface area contributed by atoms with Gasteiger partial charge in [-0.05, 0) is 77.2 Å². The van der Waals surface area contributed by atoms with E-state index in [1.54, 1.807) is 0 Å². The van der Waals surface area contributed by atoms with Crippen molar-refractivity contribution in [3.63, 3.8) is 0 Å². The molecule has 1 heterocycles. The Morgan fingerprint density at radius 1 is 0.196 bits per heavy atom. The first-order valence-electron chi connectivity index (χ1n) is 19.0. The number of fused-ring (bicyclic) bond motifs is 4. The summed E-state index contributed by atoms with van der Waals surface area (Å²) in [5, 5.41) is 5.09. The fourth-order valence-electron chi connectivity index (χ4n) is 8.44. The van der Waals surface area contributed by atoms with Crippen LogP contribution >= 0.6 is 0 Å². The third kappa shape index (κ3) is 5.32. The maximum absolute atomic E-state index is 4.93. The fraction of sp³-hybridized carbons (Fsp3) is 0. The predicted octanol–water partition coefficient (Wildman–Crippen LogP) is 13.8. The minimum absolute atomic E-state index is 0.648. The molecule has 0 unspecified atom stereocenters. The highest BCUT2D eigenvalue weighted by Crippen LogP contribution is 2.49. The van der Waals surface area contributed by atoms with E-state index in [-0.39, 0.29) is 0 Å². The van der Waals surface area contributed by atoms with Crippen molar-refractivity contribution >= 4 is 21.5 Å². The molecule has 0 N–H and O–H groups in total. The van der Waals surface area contributed by atoms with Gasteiger partial charge >= 0.3 is 0 Å². The van der Waals surface area contributed by atoms with Crippen LogP contribution in [0, 0.1) is 0 Å². The molecule has 56 heavy (non-hydrogen) atoms. The van der Waals surface area contributed by atoms with Gasteiger partial charge in [0, 0.05) is 16.7 Å². The van der Waals surface area contributed by atoms with Gasteiger partial charge in [-0.3, -0.25) is 0 Å². The highest BCUT2D eigenvalue weighted by molar-refractivity contribution is 6.18. The Morgan fingerprint density at radius 2 is 0.518 bits per heavy atom. The fourth-order valence-corrected chi connectivity index (χ4v) is 8.44. The SMILES string of the molecule is c1ccc(-c2nc(-c3ccccc3)nc(-c3ccc(-c4cccc5c(-c6ccc(-c7ccc8c9c(cccc79)-c7ccccc7-8)cc6)cccc45)cc3)n2)cc1. The highest BCUT2D eigenvalue weighted by Gasteiger charge is 2.22. The van der Waals surface area contributed by atoms with Crippen molar-refractivity contribution < 1.29 is 0 Å². The molecule has 1 aliphatic rings. The second-order valence-electron chi connectivity index (χ2n) is 14.3. The molecule has 1 aromatic heterocycles. The van der Waals surface area contributed by atoms with Gasteiger partial charge in [0.1, 0.15) is 0 Å². The minimum Gasteiger partial charge on any atom is -0.208 e. The highest BCUT2D eigenvalue weighted by atomic mass is 15.0. The van der Waals surface area contributed by atoms with Crippen molar-refractivity contribution in [1.29, 1.82) is 0 Å². The third-order valence-electron chi connectivity index (χ3n) is 11.1. The number of aromatic nitrogens is 3. The minimum atomic E-state index is 0.648. The molecule has 0 saturated carbocycles. The lowest BCUT2D eigenvalue weighted by Crippen LogP contribution is -2.00. The summed E-state index contributed by atoms with van der Waals surface area (Å²) in [4.78, 5) is 14.7. The number of nitrogens with zero attached hydrogens (tertiary/aromatic N) is 3. The monoisotopic (exact) mass is 711 g/mol. The quantitative estimate of drug-likeness (QED) is 0.172. The van der Waals surface area contributed by atoms with E-state index in [1.807, 2.05) is 60.7 Å². The van der Waals surface area contributed by atoms with Gasteiger partial charge < -0.3 is 0 Å². The van der Waals surface area contributed by atoms with Crippen LogP contribution in [0.25, 0.3) is 111 Å². The van der Waals surface area contributed by atoms with Crippen molar-refractivity contribution in [2.75, 3.05) is 0 Å². The molecular formula is C53H33N3.